The monoisotopic (exact) mass is 254 g/mol. The summed E-state index contributed by atoms with van der Waals surface area (Å²) in [7, 11) is 0. The number of piperidine rings is 1. The fourth-order valence-electron chi connectivity index (χ4n) is 2.26. The van der Waals surface area contributed by atoms with Gasteiger partial charge in [-0.1, -0.05) is 12.1 Å². The number of aliphatic hydroxyl groups is 1. The largest absolute Gasteiger partial charge is 0.393 e. The van der Waals surface area contributed by atoms with Crippen molar-refractivity contribution >= 4 is 5.69 Å². The molecule has 0 spiro atoms. The van der Waals surface area contributed by atoms with Crippen LogP contribution in [0.2, 0.25) is 0 Å². The molecule has 1 aromatic rings. The number of nitro benzene ring substituents is 1. The topological polar surface area (TPSA) is 75.4 Å². The molecule has 1 aliphatic heterocycles. The lowest BCUT2D eigenvalue weighted by atomic mass is 9.89. The Morgan fingerprint density at radius 2 is 2.33 bits per heavy atom. The van der Waals surface area contributed by atoms with E-state index in [4.69, 9.17) is 0 Å². The molecule has 98 valence electrons. The Kier molecular flexibility index (Phi) is 3.88. The van der Waals surface area contributed by atoms with Gasteiger partial charge in [0.1, 0.15) is 0 Å². The summed E-state index contributed by atoms with van der Waals surface area (Å²) in [6.45, 7) is 1.35. The Labute approximate surface area is 104 Å². The van der Waals surface area contributed by atoms with Gasteiger partial charge in [-0.25, -0.2) is 0 Å². The molecule has 2 rings (SSSR count). The van der Waals surface area contributed by atoms with Crippen molar-refractivity contribution in [3.8, 4) is 0 Å². The lowest BCUT2D eigenvalue weighted by molar-refractivity contribution is -0.387. The number of rotatable bonds is 3. The van der Waals surface area contributed by atoms with E-state index in [0.29, 0.717) is 19.4 Å². The van der Waals surface area contributed by atoms with Crippen LogP contribution in [0, 0.1) is 21.8 Å². The van der Waals surface area contributed by atoms with Crippen molar-refractivity contribution in [2.75, 3.05) is 13.1 Å². The first kappa shape index (κ1) is 12.9. The van der Waals surface area contributed by atoms with Crippen LogP contribution in [0.1, 0.15) is 12.0 Å². The van der Waals surface area contributed by atoms with E-state index in [9.17, 15) is 19.6 Å². The van der Waals surface area contributed by atoms with E-state index in [1.54, 1.807) is 0 Å². The van der Waals surface area contributed by atoms with Gasteiger partial charge < -0.3 is 10.4 Å². The Morgan fingerprint density at radius 1 is 1.56 bits per heavy atom. The number of hydrogen-bond donors (Lipinski definition) is 2. The van der Waals surface area contributed by atoms with Crippen molar-refractivity contribution in [1.82, 2.24) is 5.32 Å². The minimum atomic E-state index is -0.791. The highest BCUT2D eigenvalue weighted by molar-refractivity contribution is 5.37. The lowest BCUT2D eigenvalue weighted by Crippen LogP contribution is -2.41. The van der Waals surface area contributed by atoms with Gasteiger partial charge in [-0.2, -0.15) is 4.39 Å². The summed E-state index contributed by atoms with van der Waals surface area (Å²) in [5, 5.41) is 23.6. The third-order valence-corrected chi connectivity index (χ3v) is 3.30. The molecule has 1 aliphatic rings. The number of benzene rings is 1. The number of nitrogens with zero attached hydrogens (tertiary/aromatic N) is 1. The van der Waals surface area contributed by atoms with Gasteiger partial charge >= 0.3 is 5.69 Å². The third-order valence-electron chi connectivity index (χ3n) is 3.30. The van der Waals surface area contributed by atoms with Crippen LogP contribution in [0.3, 0.4) is 0 Å². The number of nitro groups is 1. The van der Waals surface area contributed by atoms with Gasteiger partial charge in [-0.3, -0.25) is 10.1 Å². The minimum Gasteiger partial charge on any atom is -0.393 e. The van der Waals surface area contributed by atoms with Crippen LogP contribution in [-0.4, -0.2) is 29.2 Å². The molecular weight excluding hydrogens is 239 g/mol. The van der Waals surface area contributed by atoms with Crippen LogP contribution in [0.15, 0.2) is 18.2 Å². The Morgan fingerprint density at radius 3 is 3.00 bits per heavy atom. The van der Waals surface area contributed by atoms with Gasteiger partial charge in [-0.05, 0) is 24.9 Å². The smallest absolute Gasteiger partial charge is 0.305 e. The Bertz CT molecular complexity index is 453. The quantitative estimate of drug-likeness (QED) is 0.628. The Balaban J connectivity index is 2.18. The van der Waals surface area contributed by atoms with Crippen LogP contribution in [0.5, 0.6) is 0 Å². The third kappa shape index (κ3) is 2.65. The molecule has 6 heteroatoms. The van der Waals surface area contributed by atoms with Crippen LogP contribution in [0.4, 0.5) is 10.1 Å². The summed E-state index contributed by atoms with van der Waals surface area (Å²) in [4.78, 5) is 9.91. The van der Waals surface area contributed by atoms with Gasteiger partial charge in [0.2, 0.25) is 5.82 Å². The molecule has 0 aromatic heterocycles. The molecule has 5 nitrogen and oxygen atoms in total. The summed E-state index contributed by atoms with van der Waals surface area (Å²) in [6, 6.07) is 4.15. The zero-order valence-corrected chi connectivity index (χ0v) is 9.80. The van der Waals surface area contributed by atoms with Gasteiger partial charge in [0.05, 0.1) is 11.0 Å². The van der Waals surface area contributed by atoms with Gasteiger partial charge in [-0.15, -0.1) is 0 Å². The van der Waals surface area contributed by atoms with E-state index in [1.807, 2.05) is 0 Å². The fourth-order valence-corrected chi connectivity index (χ4v) is 2.26. The molecule has 1 fully saturated rings. The zero-order valence-electron chi connectivity index (χ0n) is 9.80. The van der Waals surface area contributed by atoms with Crippen LogP contribution in [0.25, 0.3) is 0 Å². The molecule has 0 bridgehead atoms. The maximum Gasteiger partial charge on any atom is 0.305 e. The Hall–Kier alpha value is -1.53. The molecule has 0 aliphatic carbocycles. The van der Waals surface area contributed by atoms with E-state index in [0.717, 1.165) is 12.6 Å². The van der Waals surface area contributed by atoms with Gasteiger partial charge in [0.15, 0.2) is 0 Å². The summed E-state index contributed by atoms with van der Waals surface area (Å²) >= 11 is 0. The maximum absolute atomic E-state index is 13.9. The first-order chi connectivity index (χ1) is 8.59. The van der Waals surface area contributed by atoms with Crippen LogP contribution >= 0.6 is 0 Å². The van der Waals surface area contributed by atoms with Crippen LogP contribution < -0.4 is 5.32 Å². The molecule has 0 saturated carbocycles. The normalized spacial score (nSPS) is 23.9. The first-order valence-corrected chi connectivity index (χ1v) is 5.90. The lowest BCUT2D eigenvalue weighted by Gasteiger charge is -2.28. The molecule has 0 radical (unpaired) electrons. The summed E-state index contributed by atoms with van der Waals surface area (Å²) in [6.07, 6.45) is 0.452. The van der Waals surface area contributed by atoms with Crippen molar-refractivity contribution in [3.05, 3.63) is 39.7 Å². The highest BCUT2D eigenvalue weighted by Crippen LogP contribution is 2.24. The molecule has 1 aromatic carbocycles. The van der Waals surface area contributed by atoms with E-state index in [1.165, 1.54) is 12.1 Å². The second-order valence-electron chi connectivity index (χ2n) is 4.53. The number of nitrogens with one attached hydrogen (secondary N) is 1. The average molecular weight is 254 g/mol. The van der Waals surface area contributed by atoms with Gasteiger partial charge in [0, 0.05) is 18.5 Å². The zero-order chi connectivity index (χ0) is 13.1. The van der Waals surface area contributed by atoms with E-state index < -0.39 is 22.5 Å². The van der Waals surface area contributed by atoms with Crippen molar-refractivity contribution in [3.63, 3.8) is 0 Å². The van der Waals surface area contributed by atoms with Crippen molar-refractivity contribution < 1.29 is 14.4 Å². The van der Waals surface area contributed by atoms with Gasteiger partial charge in [0.25, 0.3) is 0 Å². The highest BCUT2D eigenvalue weighted by atomic mass is 19.1. The predicted octanol–water partition coefficient (Wildman–Crippen LogP) is 1.25. The number of halogens is 1. The second kappa shape index (κ2) is 5.41. The molecule has 1 heterocycles. The van der Waals surface area contributed by atoms with Crippen molar-refractivity contribution in [2.24, 2.45) is 5.92 Å². The molecule has 0 amide bonds. The van der Waals surface area contributed by atoms with Crippen molar-refractivity contribution in [1.29, 1.82) is 0 Å². The standard InChI is InChI=1S/C12H15FN2O3/c13-12-8(2-1-3-10(12)15(17)18)6-9-7-14-5-4-11(9)16/h1-3,9,11,14,16H,4-7H2. The van der Waals surface area contributed by atoms with E-state index in [2.05, 4.69) is 5.32 Å². The summed E-state index contributed by atoms with van der Waals surface area (Å²) in [5.41, 5.74) is -0.220. The molecule has 2 atom stereocenters. The SMILES string of the molecule is O=[N+]([O-])c1cccc(CC2CNCCC2O)c1F. The van der Waals surface area contributed by atoms with Crippen molar-refractivity contribution in [2.45, 2.75) is 18.9 Å². The first-order valence-electron chi connectivity index (χ1n) is 5.90. The predicted molar refractivity (Wildman–Crippen MR) is 63.7 cm³/mol. The number of hydrogen-bond acceptors (Lipinski definition) is 4. The van der Waals surface area contributed by atoms with E-state index in [-0.39, 0.29) is 11.5 Å². The average Bonchev–Trinajstić information content (AvgIpc) is 2.34. The second-order valence-corrected chi connectivity index (χ2v) is 4.53. The summed E-state index contributed by atoms with van der Waals surface area (Å²) < 4.78 is 13.9. The molecule has 18 heavy (non-hydrogen) atoms. The molecular formula is C12H15FN2O3. The number of aliphatic hydroxyl groups excluding tert-OH is 1. The summed E-state index contributed by atoms with van der Waals surface area (Å²) in [5.74, 6) is -0.893. The highest BCUT2D eigenvalue weighted by Gasteiger charge is 2.26. The molecule has 1 saturated heterocycles. The van der Waals surface area contributed by atoms with E-state index >= 15 is 0 Å². The fraction of sp³-hybridized carbons (Fsp3) is 0.500. The molecule has 2 unspecified atom stereocenters. The minimum absolute atomic E-state index is 0.102. The maximum atomic E-state index is 13.9. The van der Waals surface area contributed by atoms with Crippen LogP contribution in [-0.2, 0) is 6.42 Å². The molecule has 2 N–H and O–H groups in total.